The van der Waals surface area contributed by atoms with Crippen LogP contribution in [0.2, 0.25) is 0 Å². The average molecular weight is 254 g/mol. The van der Waals surface area contributed by atoms with Crippen LogP contribution in [-0.4, -0.2) is 50.8 Å². The van der Waals surface area contributed by atoms with Gasteiger partial charge in [0.15, 0.2) is 0 Å². The van der Waals surface area contributed by atoms with Gasteiger partial charge in [-0.15, -0.1) is 6.58 Å². The van der Waals surface area contributed by atoms with Crippen LogP contribution in [-0.2, 0) is 4.74 Å². The molecule has 0 aliphatic heterocycles. The zero-order valence-electron chi connectivity index (χ0n) is 12.2. The number of nitrogens with one attached hydrogen (secondary N) is 1. The van der Waals surface area contributed by atoms with Crippen molar-refractivity contribution in [1.29, 1.82) is 0 Å². The van der Waals surface area contributed by atoms with E-state index in [1.807, 2.05) is 6.08 Å². The molecule has 0 heterocycles. The van der Waals surface area contributed by atoms with E-state index >= 15 is 0 Å². The molecule has 0 saturated heterocycles. The van der Waals surface area contributed by atoms with Crippen molar-refractivity contribution in [2.75, 3.05) is 33.8 Å². The summed E-state index contributed by atoms with van der Waals surface area (Å²) >= 11 is 0. The van der Waals surface area contributed by atoms with Crippen molar-refractivity contribution in [3.63, 3.8) is 0 Å². The molecule has 106 valence electrons. The van der Waals surface area contributed by atoms with Crippen LogP contribution in [0.15, 0.2) is 12.7 Å². The summed E-state index contributed by atoms with van der Waals surface area (Å²) in [7, 11) is 4.20. The van der Waals surface area contributed by atoms with E-state index in [2.05, 4.69) is 30.9 Å². The fraction of sp³-hybridized carbons (Fsp3) is 0.867. The first-order chi connectivity index (χ1) is 8.76. The zero-order valence-corrected chi connectivity index (χ0v) is 12.2. The van der Waals surface area contributed by atoms with Gasteiger partial charge in [0.05, 0.1) is 6.10 Å². The first-order valence-electron chi connectivity index (χ1n) is 7.34. The summed E-state index contributed by atoms with van der Waals surface area (Å²) in [6.45, 7) is 6.80. The van der Waals surface area contributed by atoms with E-state index in [9.17, 15) is 0 Å². The first-order valence-corrected chi connectivity index (χ1v) is 7.34. The highest BCUT2D eigenvalue weighted by Gasteiger charge is 2.19. The molecule has 3 heteroatoms. The Hall–Kier alpha value is -0.380. The summed E-state index contributed by atoms with van der Waals surface area (Å²) in [5.74, 6) is 0. The van der Waals surface area contributed by atoms with Gasteiger partial charge >= 0.3 is 0 Å². The third kappa shape index (κ3) is 6.53. The van der Waals surface area contributed by atoms with Crippen molar-refractivity contribution in [3.8, 4) is 0 Å². The molecule has 1 aliphatic carbocycles. The standard InChI is InChI=1S/C15H30N2O/c1-4-11-17(3)12-5-6-13-18-15-9-7-14(16-2)8-10-15/h4,14-16H,1,5-13H2,2-3H3/t14-,15-. The minimum atomic E-state index is 0.514. The summed E-state index contributed by atoms with van der Waals surface area (Å²) in [5, 5.41) is 3.36. The number of hydrogen-bond acceptors (Lipinski definition) is 3. The maximum absolute atomic E-state index is 5.95. The smallest absolute Gasteiger partial charge is 0.0576 e. The minimum absolute atomic E-state index is 0.514. The van der Waals surface area contributed by atoms with Crippen molar-refractivity contribution >= 4 is 0 Å². The molecule has 0 amide bonds. The second-order valence-corrected chi connectivity index (χ2v) is 5.39. The van der Waals surface area contributed by atoms with Crippen LogP contribution in [0.25, 0.3) is 0 Å². The monoisotopic (exact) mass is 254 g/mol. The van der Waals surface area contributed by atoms with Gasteiger partial charge in [0.1, 0.15) is 0 Å². The molecule has 1 aliphatic rings. The van der Waals surface area contributed by atoms with Gasteiger partial charge in [-0.2, -0.15) is 0 Å². The van der Waals surface area contributed by atoms with Gasteiger partial charge in [0.2, 0.25) is 0 Å². The Morgan fingerprint density at radius 2 is 2.00 bits per heavy atom. The third-order valence-electron chi connectivity index (χ3n) is 3.81. The van der Waals surface area contributed by atoms with Crippen LogP contribution in [0.4, 0.5) is 0 Å². The topological polar surface area (TPSA) is 24.5 Å². The molecule has 0 aromatic heterocycles. The highest BCUT2D eigenvalue weighted by molar-refractivity contribution is 4.76. The van der Waals surface area contributed by atoms with Crippen LogP contribution in [0.3, 0.4) is 0 Å². The summed E-state index contributed by atoms with van der Waals surface area (Å²) in [4.78, 5) is 2.30. The predicted octanol–water partition coefficient (Wildman–Crippen LogP) is 2.43. The van der Waals surface area contributed by atoms with Crippen molar-refractivity contribution in [3.05, 3.63) is 12.7 Å². The average Bonchev–Trinajstić information content (AvgIpc) is 2.39. The van der Waals surface area contributed by atoms with E-state index < -0.39 is 0 Å². The fourth-order valence-corrected chi connectivity index (χ4v) is 2.56. The van der Waals surface area contributed by atoms with Gasteiger partial charge in [-0.05, 0) is 59.2 Å². The van der Waals surface area contributed by atoms with E-state index in [1.165, 1.54) is 38.5 Å². The lowest BCUT2D eigenvalue weighted by molar-refractivity contribution is 0.0206. The molecule has 3 nitrogen and oxygen atoms in total. The molecule has 0 radical (unpaired) electrons. The van der Waals surface area contributed by atoms with E-state index in [0.717, 1.165) is 25.7 Å². The van der Waals surface area contributed by atoms with Crippen LogP contribution in [0, 0.1) is 0 Å². The van der Waals surface area contributed by atoms with E-state index in [1.54, 1.807) is 0 Å². The second kappa shape index (κ2) is 9.54. The molecule has 0 bridgehead atoms. The van der Waals surface area contributed by atoms with Crippen molar-refractivity contribution < 1.29 is 4.74 Å². The molecule has 1 fully saturated rings. The van der Waals surface area contributed by atoms with Gasteiger partial charge in [-0.1, -0.05) is 6.08 Å². The van der Waals surface area contributed by atoms with Crippen LogP contribution >= 0.6 is 0 Å². The Labute approximate surface area is 113 Å². The second-order valence-electron chi connectivity index (χ2n) is 5.39. The number of likely N-dealkylation sites (N-methyl/N-ethyl adjacent to an activating group) is 1. The Morgan fingerprint density at radius 3 is 2.61 bits per heavy atom. The van der Waals surface area contributed by atoms with Gasteiger partial charge in [0, 0.05) is 19.2 Å². The number of nitrogens with zero attached hydrogens (tertiary/aromatic N) is 1. The molecule has 0 aromatic carbocycles. The Morgan fingerprint density at radius 1 is 1.28 bits per heavy atom. The summed E-state index contributed by atoms with van der Waals surface area (Å²) < 4.78 is 5.95. The first kappa shape index (κ1) is 15.7. The minimum Gasteiger partial charge on any atom is -0.378 e. The molecular weight excluding hydrogens is 224 g/mol. The highest BCUT2D eigenvalue weighted by atomic mass is 16.5. The summed E-state index contributed by atoms with van der Waals surface area (Å²) in [5.41, 5.74) is 0. The Kier molecular flexibility index (Phi) is 8.31. The van der Waals surface area contributed by atoms with Gasteiger partial charge in [0.25, 0.3) is 0 Å². The molecule has 0 spiro atoms. The Balaban J connectivity index is 1.94. The van der Waals surface area contributed by atoms with Crippen molar-refractivity contribution in [2.45, 2.75) is 50.7 Å². The Bertz CT molecular complexity index is 213. The SMILES string of the molecule is C=CCN(C)CCCCO[C@H]1CC[C@H](NC)CC1. The number of hydrogen-bond donors (Lipinski definition) is 1. The number of unbranched alkanes of at least 4 members (excludes halogenated alkanes) is 1. The molecular formula is C15H30N2O. The predicted molar refractivity (Wildman–Crippen MR) is 78.0 cm³/mol. The lowest BCUT2D eigenvalue weighted by Gasteiger charge is -2.28. The summed E-state index contributed by atoms with van der Waals surface area (Å²) in [6.07, 6.45) is 9.84. The van der Waals surface area contributed by atoms with E-state index in [0.29, 0.717) is 6.10 Å². The van der Waals surface area contributed by atoms with Crippen molar-refractivity contribution in [1.82, 2.24) is 10.2 Å². The molecule has 0 unspecified atom stereocenters. The zero-order chi connectivity index (χ0) is 13.2. The quantitative estimate of drug-likeness (QED) is 0.505. The van der Waals surface area contributed by atoms with E-state index in [-0.39, 0.29) is 0 Å². The van der Waals surface area contributed by atoms with Gasteiger partial charge < -0.3 is 15.0 Å². The van der Waals surface area contributed by atoms with Crippen LogP contribution in [0.5, 0.6) is 0 Å². The number of ether oxygens (including phenoxy) is 1. The molecule has 1 N–H and O–H groups in total. The maximum atomic E-state index is 5.95. The third-order valence-corrected chi connectivity index (χ3v) is 3.81. The molecule has 1 rings (SSSR count). The maximum Gasteiger partial charge on any atom is 0.0576 e. The largest absolute Gasteiger partial charge is 0.378 e. The van der Waals surface area contributed by atoms with Crippen LogP contribution in [0.1, 0.15) is 38.5 Å². The lowest BCUT2D eigenvalue weighted by atomic mass is 9.93. The fourth-order valence-electron chi connectivity index (χ4n) is 2.56. The van der Waals surface area contributed by atoms with Crippen LogP contribution < -0.4 is 5.32 Å². The number of rotatable bonds is 9. The molecule has 18 heavy (non-hydrogen) atoms. The summed E-state index contributed by atoms with van der Waals surface area (Å²) in [6, 6.07) is 0.720. The lowest BCUT2D eigenvalue weighted by Crippen LogP contribution is -2.33. The molecule has 0 atom stereocenters. The van der Waals surface area contributed by atoms with Gasteiger partial charge in [-0.3, -0.25) is 0 Å². The van der Waals surface area contributed by atoms with Gasteiger partial charge in [-0.25, -0.2) is 0 Å². The normalized spacial score (nSPS) is 24.4. The highest BCUT2D eigenvalue weighted by Crippen LogP contribution is 2.21. The molecule has 0 aromatic rings. The van der Waals surface area contributed by atoms with Crippen molar-refractivity contribution in [2.24, 2.45) is 0 Å². The molecule has 1 saturated carbocycles. The van der Waals surface area contributed by atoms with E-state index in [4.69, 9.17) is 4.74 Å².